The maximum atomic E-state index is 12.9. The van der Waals surface area contributed by atoms with E-state index in [1.807, 2.05) is 0 Å². The highest BCUT2D eigenvalue weighted by atomic mass is 16.6. The zero-order valence-electron chi connectivity index (χ0n) is 14.2. The second-order valence-corrected chi connectivity index (χ2v) is 5.82. The van der Waals surface area contributed by atoms with Gasteiger partial charge in [-0.2, -0.15) is 10.1 Å². The molecule has 0 radical (unpaired) electrons. The van der Waals surface area contributed by atoms with Gasteiger partial charge in [0.25, 0.3) is 11.6 Å². The molecule has 3 rings (SSSR count). The molecule has 0 aliphatic carbocycles. The molecular formula is C18H15N3O6. The number of hydrogen-bond acceptors (Lipinski definition) is 7. The molecule has 0 spiro atoms. The Bertz CT molecular complexity index is 926. The third kappa shape index (κ3) is 3.27. The van der Waals surface area contributed by atoms with E-state index in [1.54, 1.807) is 30.3 Å². The summed E-state index contributed by atoms with van der Waals surface area (Å²) in [6.07, 6.45) is -0.248. The summed E-state index contributed by atoms with van der Waals surface area (Å²) in [6, 6.07) is 13.2. The summed E-state index contributed by atoms with van der Waals surface area (Å²) < 4.78 is 4.65. The van der Waals surface area contributed by atoms with Crippen LogP contribution in [0.1, 0.15) is 22.3 Å². The molecule has 27 heavy (non-hydrogen) atoms. The van der Waals surface area contributed by atoms with Crippen molar-refractivity contribution in [1.82, 2.24) is 5.01 Å². The van der Waals surface area contributed by atoms with E-state index in [0.717, 1.165) is 5.01 Å². The Labute approximate surface area is 153 Å². The number of hydrazone groups is 1. The molecule has 138 valence electrons. The van der Waals surface area contributed by atoms with Crippen LogP contribution in [0.15, 0.2) is 59.7 Å². The lowest BCUT2D eigenvalue weighted by Crippen LogP contribution is -2.43. The van der Waals surface area contributed by atoms with Crippen molar-refractivity contribution in [2.24, 2.45) is 5.10 Å². The van der Waals surface area contributed by atoms with E-state index in [9.17, 15) is 24.8 Å². The molecule has 2 aromatic carbocycles. The van der Waals surface area contributed by atoms with Gasteiger partial charge in [0.15, 0.2) is 11.4 Å². The van der Waals surface area contributed by atoms with Crippen LogP contribution in [0.4, 0.5) is 5.69 Å². The molecule has 0 fully saturated rings. The van der Waals surface area contributed by atoms with E-state index >= 15 is 0 Å². The molecule has 1 amide bonds. The number of amides is 1. The minimum atomic E-state index is -1.89. The number of ether oxygens (including phenoxy) is 1. The molecule has 9 nitrogen and oxygen atoms in total. The van der Waals surface area contributed by atoms with Gasteiger partial charge in [-0.25, -0.2) is 4.79 Å². The highest BCUT2D eigenvalue weighted by molar-refractivity contribution is 6.37. The van der Waals surface area contributed by atoms with Crippen molar-refractivity contribution in [2.45, 2.75) is 12.1 Å². The van der Waals surface area contributed by atoms with E-state index in [1.165, 1.54) is 31.4 Å². The van der Waals surface area contributed by atoms with Crippen LogP contribution >= 0.6 is 0 Å². The SMILES string of the molecule is COC(=O)C1=NN(C(=O)c2ccc([N+](=O)[O-])cc2)[C@](O)(c2ccccc2)C1. The number of non-ortho nitro benzene ring substituents is 1. The van der Waals surface area contributed by atoms with Crippen molar-refractivity contribution in [2.75, 3.05) is 7.11 Å². The molecule has 1 N–H and O–H groups in total. The number of esters is 1. The van der Waals surface area contributed by atoms with E-state index in [2.05, 4.69) is 9.84 Å². The zero-order valence-corrected chi connectivity index (χ0v) is 14.2. The van der Waals surface area contributed by atoms with Crippen LogP contribution in [0.25, 0.3) is 0 Å². The highest BCUT2D eigenvalue weighted by Gasteiger charge is 2.48. The fourth-order valence-electron chi connectivity index (χ4n) is 2.77. The standard InChI is InChI=1S/C18H15N3O6/c1-27-17(23)15-11-18(24,13-5-3-2-4-6-13)20(19-15)16(22)12-7-9-14(10-8-12)21(25)26/h2-10,24H,11H2,1H3/t18-/m1/s1. The van der Waals surface area contributed by atoms with Crippen molar-refractivity contribution in [1.29, 1.82) is 0 Å². The molecule has 1 aliphatic rings. The number of carbonyl (C=O) groups excluding carboxylic acids is 2. The monoisotopic (exact) mass is 369 g/mol. The molecule has 0 saturated heterocycles. The van der Waals surface area contributed by atoms with E-state index in [-0.39, 0.29) is 23.4 Å². The second-order valence-electron chi connectivity index (χ2n) is 5.82. The largest absolute Gasteiger partial charge is 0.464 e. The minimum Gasteiger partial charge on any atom is -0.464 e. The van der Waals surface area contributed by atoms with Gasteiger partial charge in [0, 0.05) is 23.3 Å². The van der Waals surface area contributed by atoms with Crippen LogP contribution in [0.2, 0.25) is 0 Å². The number of nitro benzene ring substituents is 1. The van der Waals surface area contributed by atoms with Gasteiger partial charge in [-0.1, -0.05) is 30.3 Å². The van der Waals surface area contributed by atoms with Crippen molar-refractivity contribution in [3.05, 3.63) is 75.8 Å². The first-order valence-corrected chi connectivity index (χ1v) is 7.89. The van der Waals surface area contributed by atoms with Gasteiger partial charge < -0.3 is 9.84 Å². The molecule has 0 saturated carbocycles. The molecule has 0 bridgehead atoms. The molecule has 0 unspecified atom stereocenters. The summed E-state index contributed by atoms with van der Waals surface area (Å²) in [7, 11) is 1.17. The predicted octanol–water partition coefficient (Wildman–Crippen LogP) is 1.81. The topological polar surface area (TPSA) is 122 Å². The lowest BCUT2D eigenvalue weighted by molar-refractivity contribution is -0.384. The van der Waals surface area contributed by atoms with Gasteiger partial charge in [0.05, 0.1) is 18.5 Å². The summed E-state index contributed by atoms with van der Waals surface area (Å²) in [5.74, 6) is -1.47. The summed E-state index contributed by atoms with van der Waals surface area (Å²) >= 11 is 0. The maximum Gasteiger partial charge on any atom is 0.354 e. The molecule has 1 aliphatic heterocycles. The molecule has 0 aromatic heterocycles. The Morgan fingerprint density at radius 2 is 1.81 bits per heavy atom. The van der Waals surface area contributed by atoms with Gasteiger partial charge in [-0.05, 0) is 12.1 Å². The molecule has 2 aromatic rings. The molecule has 9 heteroatoms. The van der Waals surface area contributed by atoms with Crippen LogP contribution in [-0.2, 0) is 15.3 Å². The quantitative estimate of drug-likeness (QED) is 0.498. The Hall–Kier alpha value is -3.59. The average molecular weight is 369 g/mol. The van der Waals surface area contributed by atoms with E-state index in [0.29, 0.717) is 5.56 Å². The Morgan fingerprint density at radius 1 is 1.19 bits per heavy atom. The second kappa shape index (κ2) is 6.96. The number of nitrogens with zero attached hydrogens (tertiary/aromatic N) is 3. The van der Waals surface area contributed by atoms with Crippen LogP contribution < -0.4 is 0 Å². The fourth-order valence-corrected chi connectivity index (χ4v) is 2.77. The predicted molar refractivity (Wildman–Crippen MR) is 93.7 cm³/mol. The van der Waals surface area contributed by atoms with Crippen molar-refractivity contribution in [3.63, 3.8) is 0 Å². The first kappa shape index (κ1) is 18.2. The van der Waals surface area contributed by atoms with Crippen LogP contribution in [0, 0.1) is 10.1 Å². The summed E-state index contributed by atoms with van der Waals surface area (Å²) in [4.78, 5) is 35.0. The highest BCUT2D eigenvalue weighted by Crippen LogP contribution is 2.36. The first-order valence-electron chi connectivity index (χ1n) is 7.89. The van der Waals surface area contributed by atoms with Gasteiger partial charge in [-0.3, -0.25) is 14.9 Å². The third-order valence-electron chi connectivity index (χ3n) is 4.16. The van der Waals surface area contributed by atoms with Crippen molar-refractivity contribution < 1.29 is 24.4 Å². The van der Waals surface area contributed by atoms with E-state index < -0.39 is 22.5 Å². The number of nitro groups is 1. The first-order chi connectivity index (χ1) is 12.9. The molecular weight excluding hydrogens is 354 g/mol. The maximum absolute atomic E-state index is 12.9. The lowest BCUT2D eigenvalue weighted by atomic mass is 9.97. The van der Waals surface area contributed by atoms with Gasteiger partial charge in [0.1, 0.15) is 0 Å². The normalized spacial score (nSPS) is 18.7. The Morgan fingerprint density at radius 3 is 2.37 bits per heavy atom. The minimum absolute atomic E-state index is 0.0739. The summed E-state index contributed by atoms with van der Waals surface area (Å²) in [6.45, 7) is 0. The molecule has 1 heterocycles. The average Bonchev–Trinajstić information content (AvgIpc) is 3.06. The van der Waals surface area contributed by atoms with Gasteiger partial charge in [-0.15, -0.1) is 0 Å². The van der Waals surface area contributed by atoms with Gasteiger partial charge >= 0.3 is 5.97 Å². The van der Waals surface area contributed by atoms with Crippen molar-refractivity contribution >= 4 is 23.3 Å². The number of aliphatic hydroxyl groups is 1. The summed E-state index contributed by atoms with van der Waals surface area (Å²) in [5, 5.41) is 26.7. The van der Waals surface area contributed by atoms with E-state index in [4.69, 9.17) is 0 Å². The fraction of sp³-hybridized carbons (Fsp3) is 0.167. The number of methoxy groups -OCH3 is 1. The van der Waals surface area contributed by atoms with Crippen LogP contribution in [0.3, 0.4) is 0 Å². The zero-order chi connectivity index (χ0) is 19.6. The van der Waals surface area contributed by atoms with Crippen LogP contribution in [-0.4, -0.2) is 39.7 Å². The van der Waals surface area contributed by atoms with Crippen LogP contribution in [0.5, 0.6) is 0 Å². The summed E-state index contributed by atoms with van der Waals surface area (Å²) in [5.41, 5.74) is -1.74. The number of benzene rings is 2. The molecule has 1 atom stereocenters. The number of hydrogen-bond donors (Lipinski definition) is 1. The van der Waals surface area contributed by atoms with Crippen molar-refractivity contribution in [3.8, 4) is 0 Å². The number of rotatable bonds is 4. The Kier molecular flexibility index (Phi) is 4.70. The number of carbonyl (C=O) groups is 2. The lowest BCUT2D eigenvalue weighted by Gasteiger charge is -2.31. The third-order valence-corrected chi connectivity index (χ3v) is 4.16. The smallest absolute Gasteiger partial charge is 0.354 e. The van der Waals surface area contributed by atoms with Gasteiger partial charge in [0.2, 0.25) is 0 Å². The Balaban J connectivity index is 2.02.